The predicted molar refractivity (Wildman–Crippen MR) is 119 cm³/mol. The highest BCUT2D eigenvalue weighted by Gasteiger charge is 2.29. The summed E-state index contributed by atoms with van der Waals surface area (Å²) in [6.45, 7) is 3.18. The molecule has 0 aliphatic carbocycles. The van der Waals surface area contributed by atoms with E-state index in [1.807, 2.05) is 31.2 Å². The first kappa shape index (κ1) is 22.9. The third kappa shape index (κ3) is 6.13. The van der Waals surface area contributed by atoms with Gasteiger partial charge in [-0.05, 0) is 54.8 Å². The summed E-state index contributed by atoms with van der Waals surface area (Å²) in [6.07, 6.45) is 1.35. The van der Waals surface area contributed by atoms with Gasteiger partial charge < -0.3 is 15.1 Å². The van der Waals surface area contributed by atoms with Crippen molar-refractivity contribution in [2.24, 2.45) is 0 Å². The second kappa shape index (κ2) is 10.5. The van der Waals surface area contributed by atoms with E-state index in [1.165, 1.54) is 29.2 Å². The maximum absolute atomic E-state index is 13.1. The Balaban J connectivity index is 1.50. The number of rotatable bonds is 5. The summed E-state index contributed by atoms with van der Waals surface area (Å²) < 4.78 is 14.0. The number of benzene rings is 2. The van der Waals surface area contributed by atoms with Crippen LogP contribution in [0.1, 0.15) is 29.3 Å². The van der Waals surface area contributed by atoms with Crippen LogP contribution in [0.5, 0.6) is 0 Å². The van der Waals surface area contributed by atoms with E-state index < -0.39 is 17.6 Å². The number of hydrogen-bond donors (Lipinski definition) is 1. The maximum Gasteiger partial charge on any atom is 0.312 e. The lowest BCUT2D eigenvalue weighted by Gasteiger charge is -2.34. The monoisotopic (exact) mass is 489 g/mol. The Labute approximate surface area is 189 Å². The van der Waals surface area contributed by atoms with E-state index in [9.17, 15) is 18.8 Å². The standard InChI is InChI=1S/C23H25BrFN3O3/c1-2-20(15-16-3-7-18(24)8-4-16)26-21(29)23(31)28-13-11-27(12-14-28)22(30)17-5-9-19(25)10-6-17/h3-10,20H,2,11-15H2,1H3,(H,26,29). The van der Waals surface area contributed by atoms with Gasteiger partial charge in [0.25, 0.3) is 5.91 Å². The molecule has 2 aromatic rings. The lowest BCUT2D eigenvalue weighted by atomic mass is 10.0. The number of piperazine rings is 1. The summed E-state index contributed by atoms with van der Waals surface area (Å²) in [7, 11) is 0. The zero-order valence-electron chi connectivity index (χ0n) is 17.3. The predicted octanol–water partition coefficient (Wildman–Crippen LogP) is 3.01. The molecule has 0 spiro atoms. The normalized spacial score (nSPS) is 14.8. The average molecular weight is 490 g/mol. The molecule has 3 amide bonds. The van der Waals surface area contributed by atoms with Crippen LogP contribution in [0.2, 0.25) is 0 Å². The van der Waals surface area contributed by atoms with Crippen molar-refractivity contribution in [2.75, 3.05) is 26.2 Å². The highest BCUT2D eigenvalue weighted by Crippen LogP contribution is 2.13. The quantitative estimate of drug-likeness (QED) is 0.656. The Morgan fingerprint density at radius 2 is 1.55 bits per heavy atom. The molecule has 1 fully saturated rings. The fourth-order valence-corrected chi connectivity index (χ4v) is 3.75. The second-order valence-corrected chi connectivity index (χ2v) is 8.42. The minimum Gasteiger partial charge on any atom is -0.345 e. The van der Waals surface area contributed by atoms with Gasteiger partial charge in [-0.3, -0.25) is 14.4 Å². The Morgan fingerprint density at radius 3 is 2.13 bits per heavy atom. The number of carbonyl (C=O) groups is 3. The van der Waals surface area contributed by atoms with Crippen molar-refractivity contribution in [1.82, 2.24) is 15.1 Å². The van der Waals surface area contributed by atoms with Gasteiger partial charge >= 0.3 is 11.8 Å². The van der Waals surface area contributed by atoms with Gasteiger partial charge in [0, 0.05) is 42.3 Å². The maximum atomic E-state index is 13.1. The van der Waals surface area contributed by atoms with Gasteiger partial charge in [0.05, 0.1) is 0 Å². The zero-order chi connectivity index (χ0) is 22.4. The Kier molecular flexibility index (Phi) is 7.79. The van der Waals surface area contributed by atoms with E-state index in [1.54, 1.807) is 4.90 Å². The number of amides is 3. The highest BCUT2D eigenvalue weighted by molar-refractivity contribution is 9.10. The van der Waals surface area contributed by atoms with E-state index in [2.05, 4.69) is 21.2 Å². The number of nitrogens with zero attached hydrogens (tertiary/aromatic N) is 2. The molecule has 3 rings (SSSR count). The third-order valence-corrected chi connectivity index (χ3v) is 5.89. The van der Waals surface area contributed by atoms with E-state index in [4.69, 9.17) is 0 Å². The molecule has 1 aliphatic heterocycles. The summed E-state index contributed by atoms with van der Waals surface area (Å²) in [5.74, 6) is -1.81. The van der Waals surface area contributed by atoms with Crippen molar-refractivity contribution in [3.05, 3.63) is 69.9 Å². The number of carbonyl (C=O) groups excluding carboxylic acids is 3. The lowest BCUT2D eigenvalue weighted by molar-refractivity contribution is -0.147. The van der Waals surface area contributed by atoms with Crippen molar-refractivity contribution in [3.8, 4) is 0 Å². The Bertz CT molecular complexity index is 926. The van der Waals surface area contributed by atoms with E-state index in [0.717, 1.165) is 10.0 Å². The van der Waals surface area contributed by atoms with Crippen LogP contribution < -0.4 is 5.32 Å². The Morgan fingerprint density at radius 1 is 0.968 bits per heavy atom. The van der Waals surface area contributed by atoms with Crippen LogP contribution in [-0.4, -0.2) is 59.7 Å². The van der Waals surface area contributed by atoms with Crippen LogP contribution in [-0.2, 0) is 16.0 Å². The van der Waals surface area contributed by atoms with Crippen LogP contribution in [0.4, 0.5) is 4.39 Å². The van der Waals surface area contributed by atoms with Gasteiger partial charge in [-0.25, -0.2) is 4.39 Å². The third-order valence-electron chi connectivity index (χ3n) is 5.36. The molecule has 1 aliphatic rings. The minimum atomic E-state index is -0.623. The molecule has 0 radical (unpaired) electrons. The largest absolute Gasteiger partial charge is 0.345 e. The summed E-state index contributed by atoms with van der Waals surface area (Å²) in [5.41, 5.74) is 1.48. The molecule has 6 nitrogen and oxygen atoms in total. The molecule has 0 saturated carbocycles. The van der Waals surface area contributed by atoms with Gasteiger partial charge in [-0.1, -0.05) is 35.0 Å². The summed E-state index contributed by atoms with van der Waals surface area (Å²) in [5, 5.41) is 2.83. The van der Waals surface area contributed by atoms with Gasteiger partial charge in [-0.2, -0.15) is 0 Å². The molecule has 31 heavy (non-hydrogen) atoms. The van der Waals surface area contributed by atoms with Crippen LogP contribution >= 0.6 is 15.9 Å². The Hall–Kier alpha value is -2.74. The summed E-state index contributed by atoms with van der Waals surface area (Å²) >= 11 is 3.40. The molecule has 1 heterocycles. The first-order chi connectivity index (χ1) is 14.9. The SMILES string of the molecule is CCC(Cc1ccc(Br)cc1)NC(=O)C(=O)N1CCN(C(=O)c2ccc(F)cc2)CC1. The van der Waals surface area contributed by atoms with Crippen molar-refractivity contribution in [3.63, 3.8) is 0 Å². The molecule has 1 N–H and O–H groups in total. The molecule has 2 aromatic carbocycles. The number of halogens is 2. The molecule has 8 heteroatoms. The molecule has 1 saturated heterocycles. The van der Waals surface area contributed by atoms with Crippen molar-refractivity contribution in [2.45, 2.75) is 25.8 Å². The fraction of sp³-hybridized carbons (Fsp3) is 0.348. The van der Waals surface area contributed by atoms with Crippen LogP contribution in [0.3, 0.4) is 0 Å². The van der Waals surface area contributed by atoms with Gasteiger partial charge in [0.1, 0.15) is 5.82 Å². The molecule has 1 atom stereocenters. The fourth-order valence-electron chi connectivity index (χ4n) is 3.48. The summed E-state index contributed by atoms with van der Waals surface area (Å²) in [6, 6.07) is 13.1. The second-order valence-electron chi connectivity index (χ2n) is 7.50. The van der Waals surface area contributed by atoms with E-state index in [-0.39, 0.29) is 25.0 Å². The van der Waals surface area contributed by atoms with Crippen molar-refractivity contribution < 1.29 is 18.8 Å². The molecule has 0 aromatic heterocycles. The van der Waals surface area contributed by atoms with E-state index in [0.29, 0.717) is 31.5 Å². The van der Waals surface area contributed by atoms with Crippen LogP contribution in [0.25, 0.3) is 0 Å². The minimum absolute atomic E-state index is 0.140. The van der Waals surface area contributed by atoms with Gasteiger partial charge in [0.2, 0.25) is 0 Å². The van der Waals surface area contributed by atoms with E-state index >= 15 is 0 Å². The first-order valence-electron chi connectivity index (χ1n) is 10.3. The van der Waals surface area contributed by atoms with Gasteiger partial charge in [-0.15, -0.1) is 0 Å². The van der Waals surface area contributed by atoms with Gasteiger partial charge in [0.15, 0.2) is 0 Å². The first-order valence-corrected chi connectivity index (χ1v) is 11.1. The molecule has 0 bridgehead atoms. The topological polar surface area (TPSA) is 69.7 Å². The highest BCUT2D eigenvalue weighted by atomic mass is 79.9. The lowest BCUT2D eigenvalue weighted by Crippen LogP contribution is -2.54. The zero-order valence-corrected chi connectivity index (χ0v) is 18.9. The van der Waals surface area contributed by atoms with Crippen molar-refractivity contribution >= 4 is 33.7 Å². The summed E-state index contributed by atoms with van der Waals surface area (Å²) in [4.78, 5) is 40.7. The molecular weight excluding hydrogens is 465 g/mol. The number of nitrogens with one attached hydrogen (secondary N) is 1. The van der Waals surface area contributed by atoms with Crippen molar-refractivity contribution in [1.29, 1.82) is 0 Å². The molecule has 164 valence electrons. The van der Waals surface area contributed by atoms with Crippen LogP contribution in [0, 0.1) is 5.82 Å². The number of hydrogen-bond acceptors (Lipinski definition) is 3. The average Bonchev–Trinajstić information content (AvgIpc) is 2.79. The smallest absolute Gasteiger partial charge is 0.312 e. The molecular formula is C23H25BrFN3O3. The molecule has 1 unspecified atom stereocenters. The van der Waals surface area contributed by atoms with Crippen LogP contribution in [0.15, 0.2) is 53.0 Å².